The van der Waals surface area contributed by atoms with Crippen LogP contribution in [0, 0.1) is 0 Å². The fourth-order valence-electron chi connectivity index (χ4n) is 1.71. The van der Waals surface area contributed by atoms with E-state index >= 15 is 0 Å². The molecular weight excluding hydrogens is 245 g/mol. The number of nitrogens with one attached hydrogen (secondary N) is 1. The van der Waals surface area contributed by atoms with Gasteiger partial charge in [0.2, 0.25) is 0 Å². The Morgan fingerprint density at radius 2 is 1.83 bits per heavy atom. The van der Waals surface area contributed by atoms with Gasteiger partial charge in [0.15, 0.2) is 0 Å². The quantitative estimate of drug-likeness (QED) is 0.708. The molecule has 1 unspecified atom stereocenters. The summed E-state index contributed by atoms with van der Waals surface area (Å²) in [5, 5.41) is 12.2. The molecule has 0 spiro atoms. The number of likely N-dealkylation sites (N-methyl/N-ethyl adjacent to an activating group) is 1. The Morgan fingerprint density at radius 1 is 1.28 bits per heavy atom. The molecule has 0 fully saturated rings. The second kappa shape index (κ2) is 7.31. The van der Waals surface area contributed by atoms with Crippen molar-refractivity contribution in [2.75, 3.05) is 26.7 Å². The van der Waals surface area contributed by atoms with Crippen molar-refractivity contribution < 1.29 is 18.3 Å². The van der Waals surface area contributed by atoms with Gasteiger partial charge >= 0.3 is 6.18 Å². The number of halogens is 3. The third-order valence-electron chi connectivity index (χ3n) is 3.24. The molecule has 0 aromatic carbocycles. The number of hydrogen-bond donors (Lipinski definition) is 2. The van der Waals surface area contributed by atoms with Crippen LogP contribution in [0.5, 0.6) is 0 Å². The molecular formula is C12H25F3N2O. The van der Waals surface area contributed by atoms with Crippen LogP contribution >= 0.6 is 0 Å². The first kappa shape index (κ1) is 17.7. The minimum absolute atomic E-state index is 0.0234. The van der Waals surface area contributed by atoms with E-state index in [2.05, 4.69) is 5.32 Å². The normalized spacial score (nSPS) is 16.3. The molecule has 0 aromatic heterocycles. The lowest BCUT2D eigenvalue weighted by Crippen LogP contribution is -2.45. The Kier molecular flexibility index (Phi) is 7.17. The maximum absolute atomic E-state index is 12.4. The molecule has 18 heavy (non-hydrogen) atoms. The molecule has 0 aliphatic rings. The summed E-state index contributed by atoms with van der Waals surface area (Å²) < 4.78 is 37.1. The van der Waals surface area contributed by atoms with E-state index in [0.717, 1.165) is 0 Å². The number of aliphatic hydroxyl groups excluding tert-OH is 1. The molecule has 3 nitrogen and oxygen atoms in total. The molecule has 0 aromatic rings. The van der Waals surface area contributed by atoms with Crippen LogP contribution in [0.1, 0.15) is 33.6 Å². The van der Waals surface area contributed by atoms with Gasteiger partial charge in [0.1, 0.15) is 0 Å². The van der Waals surface area contributed by atoms with Crippen LogP contribution in [0.2, 0.25) is 0 Å². The maximum Gasteiger partial charge on any atom is 0.401 e. The molecule has 6 heteroatoms. The molecule has 0 radical (unpaired) electrons. The highest BCUT2D eigenvalue weighted by Crippen LogP contribution is 2.19. The summed E-state index contributed by atoms with van der Waals surface area (Å²) in [5.74, 6) is 0. The fraction of sp³-hybridized carbons (Fsp3) is 1.00. The first-order valence-electron chi connectivity index (χ1n) is 6.24. The Bertz CT molecular complexity index is 228. The summed E-state index contributed by atoms with van der Waals surface area (Å²) in [6.45, 7) is 4.86. The van der Waals surface area contributed by atoms with Crippen molar-refractivity contribution in [1.82, 2.24) is 10.2 Å². The van der Waals surface area contributed by atoms with Crippen molar-refractivity contribution in [3.05, 3.63) is 0 Å². The predicted molar refractivity (Wildman–Crippen MR) is 66.5 cm³/mol. The topological polar surface area (TPSA) is 35.5 Å². The van der Waals surface area contributed by atoms with Crippen molar-refractivity contribution in [2.45, 2.75) is 51.4 Å². The van der Waals surface area contributed by atoms with E-state index in [1.165, 1.54) is 4.90 Å². The van der Waals surface area contributed by atoms with E-state index in [1.54, 1.807) is 20.9 Å². The standard InChI is InChI=1S/C12H25F3N2O/c1-10(2)17(8-12(13,14)15)7-5-6-11(3,9-18)16-4/h10,16,18H,5-9H2,1-4H3. The van der Waals surface area contributed by atoms with Gasteiger partial charge in [0, 0.05) is 11.6 Å². The SMILES string of the molecule is CNC(C)(CO)CCCN(CC(F)(F)F)C(C)C. The lowest BCUT2D eigenvalue weighted by atomic mass is 9.97. The van der Waals surface area contributed by atoms with Gasteiger partial charge in [-0.1, -0.05) is 0 Å². The Hall–Kier alpha value is -0.330. The average molecular weight is 270 g/mol. The first-order chi connectivity index (χ1) is 8.13. The fourth-order valence-corrected chi connectivity index (χ4v) is 1.71. The van der Waals surface area contributed by atoms with E-state index in [-0.39, 0.29) is 12.6 Å². The third-order valence-corrected chi connectivity index (χ3v) is 3.24. The minimum atomic E-state index is -4.16. The molecule has 0 heterocycles. The van der Waals surface area contributed by atoms with E-state index < -0.39 is 18.3 Å². The molecule has 0 aliphatic carbocycles. The third kappa shape index (κ3) is 7.18. The van der Waals surface area contributed by atoms with Crippen molar-refractivity contribution in [1.29, 1.82) is 0 Å². The highest BCUT2D eigenvalue weighted by Gasteiger charge is 2.31. The number of hydrogen-bond acceptors (Lipinski definition) is 3. The van der Waals surface area contributed by atoms with Crippen LogP contribution in [-0.2, 0) is 0 Å². The Labute approximate surface area is 107 Å². The molecule has 2 N–H and O–H groups in total. The van der Waals surface area contributed by atoms with Gasteiger partial charge in [-0.25, -0.2) is 0 Å². The van der Waals surface area contributed by atoms with Crippen LogP contribution in [0.3, 0.4) is 0 Å². The number of aliphatic hydroxyl groups is 1. The summed E-state index contributed by atoms with van der Waals surface area (Å²) in [5.41, 5.74) is -0.416. The van der Waals surface area contributed by atoms with Gasteiger partial charge in [-0.3, -0.25) is 4.90 Å². The van der Waals surface area contributed by atoms with Gasteiger partial charge in [-0.05, 0) is 47.2 Å². The van der Waals surface area contributed by atoms with E-state index in [0.29, 0.717) is 19.4 Å². The van der Waals surface area contributed by atoms with Crippen LogP contribution in [0.15, 0.2) is 0 Å². The molecule has 0 rings (SSSR count). The van der Waals surface area contributed by atoms with Gasteiger partial charge < -0.3 is 10.4 Å². The smallest absolute Gasteiger partial charge is 0.394 e. The average Bonchev–Trinajstić information content (AvgIpc) is 2.25. The summed E-state index contributed by atoms with van der Waals surface area (Å²) in [6, 6.07) is -0.137. The molecule has 0 saturated heterocycles. The van der Waals surface area contributed by atoms with Crippen LogP contribution in [-0.4, -0.2) is 54.5 Å². The van der Waals surface area contributed by atoms with Crippen LogP contribution in [0.25, 0.3) is 0 Å². The lowest BCUT2D eigenvalue weighted by molar-refractivity contribution is -0.149. The van der Waals surface area contributed by atoms with Gasteiger partial charge in [0.05, 0.1) is 13.2 Å². The summed E-state index contributed by atoms with van der Waals surface area (Å²) in [7, 11) is 1.74. The van der Waals surface area contributed by atoms with Gasteiger partial charge in [0.25, 0.3) is 0 Å². The summed E-state index contributed by atoms with van der Waals surface area (Å²) in [6.07, 6.45) is -2.90. The lowest BCUT2D eigenvalue weighted by Gasteiger charge is -2.31. The van der Waals surface area contributed by atoms with E-state index in [4.69, 9.17) is 0 Å². The van der Waals surface area contributed by atoms with Gasteiger partial charge in [-0.15, -0.1) is 0 Å². The number of rotatable bonds is 8. The van der Waals surface area contributed by atoms with E-state index in [9.17, 15) is 18.3 Å². The minimum Gasteiger partial charge on any atom is -0.394 e. The predicted octanol–water partition coefficient (Wildman–Crippen LogP) is 2.01. The molecule has 1 atom stereocenters. The molecule has 0 aliphatic heterocycles. The molecule has 0 amide bonds. The molecule has 110 valence electrons. The Balaban J connectivity index is 4.21. The zero-order chi connectivity index (χ0) is 14.4. The number of nitrogens with zero attached hydrogens (tertiary/aromatic N) is 1. The van der Waals surface area contributed by atoms with Crippen LogP contribution in [0.4, 0.5) is 13.2 Å². The van der Waals surface area contributed by atoms with Crippen LogP contribution < -0.4 is 5.32 Å². The second-order valence-corrected chi connectivity index (χ2v) is 5.25. The van der Waals surface area contributed by atoms with Gasteiger partial charge in [-0.2, -0.15) is 13.2 Å². The summed E-state index contributed by atoms with van der Waals surface area (Å²) >= 11 is 0. The Morgan fingerprint density at radius 3 is 2.17 bits per heavy atom. The highest BCUT2D eigenvalue weighted by molar-refractivity contribution is 4.81. The highest BCUT2D eigenvalue weighted by atomic mass is 19.4. The largest absolute Gasteiger partial charge is 0.401 e. The second-order valence-electron chi connectivity index (χ2n) is 5.25. The molecule has 0 bridgehead atoms. The number of alkyl halides is 3. The molecule has 0 saturated carbocycles. The zero-order valence-electron chi connectivity index (χ0n) is 11.6. The first-order valence-corrected chi connectivity index (χ1v) is 6.24. The van der Waals surface area contributed by atoms with Crippen molar-refractivity contribution in [2.24, 2.45) is 0 Å². The zero-order valence-corrected chi connectivity index (χ0v) is 11.6. The monoisotopic (exact) mass is 270 g/mol. The van der Waals surface area contributed by atoms with Crippen molar-refractivity contribution in [3.8, 4) is 0 Å². The van der Waals surface area contributed by atoms with Crippen molar-refractivity contribution in [3.63, 3.8) is 0 Å². The maximum atomic E-state index is 12.4. The summed E-state index contributed by atoms with van der Waals surface area (Å²) in [4.78, 5) is 1.41. The van der Waals surface area contributed by atoms with Crippen molar-refractivity contribution >= 4 is 0 Å². The van der Waals surface area contributed by atoms with E-state index in [1.807, 2.05) is 6.92 Å².